The van der Waals surface area contributed by atoms with Gasteiger partial charge in [0, 0.05) is 19.3 Å². The molecule has 0 amide bonds. The Bertz CT molecular complexity index is 751. The van der Waals surface area contributed by atoms with E-state index < -0.39 is 6.10 Å². The largest absolute Gasteiger partial charge is 0.462 e. The van der Waals surface area contributed by atoms with Crippen LogP contribution in [0, 0.1) is 5.92 Å². The molecule has 0 aromatic heterocycles. The molecule has 6 heteroatoms. The molecule has 0 aromatic carbocycles. The van der Waals surface area contributed by atoms with Crippen molar-refractivity contribution in [2.24, 2.45) is 5.92 Å². The monoisotopic (exact) mass is 709 g/mol. The molecule has 1 atom stereocenters. The van der Waals surface area contributed by atoms with E-state index in [1.165, 1.54) is 128 Å². The van der Waals surface area contributed by atoms with E-state index in [4.69, 9.17) is 14.2 Å². The van der Waals surface area contributed by atoms with Crippen molar-refractivity contribution < 1.29 is 28.6 Å². The van der Waals surface area contributed by atoms with Gasteiger partial charge in [-0.3, -0.25) is 14.4 Å². The summed E-state index contributed by atoms with van der Waals surface area (Å²) in [5, 5.41) is 0. The highest BCUT2D eigenvalue weighted by molar-refractivity contribution is 5.71. The maximum atomic E-state index is 12.6. The van der Waals surface area contributed by atoms with E-state index in [1.54, 1.807) is 0 Å². The molecule has 296 valence electrons. The summed E-state index contributed by atoms with van der Waals surface area (Å²) in [6.07, 6.45) is 36.8. The standard InChI is InChI=1S/C44H84O6/c1-5-7-9-11-12-13-14-18-21-24-28-32-36-43(46)49-39-41(38-48-42(45)35-31-26-10-8-6-2)50-44(47)37-33-29-25-22-19-16-15-17-20-23-27-30-34-40(3)4/h40-41H,5-39H2,1-4H3/t41-/m1/s1. The molecule has 0 spiro atoms. The van der Waals surface area contributed by atoms with E-state index >= 15 is 0 Å². The van der Waals surface area contributed by atoms with E-state index in [2.05, 4.69) is 27.7 Å². The minimum atomic E-state index is -0.757. The van der Waals surface area contributed by atoms with Gasteiger partial charge in [-0.1, -0.05) is 201 Å². The third kappa shape index (κ3) is 37.7. The smallest absolute Gasteiger partial charge is 0.306 e. The third-order valence-electron chi connectivity index (χ3n) is 9.79. The van der Waals surface area contributed by atoms with Crippen LogP contribution < -0.4 is 0 Å². The number of unbranched alkanes of at least 4 members (excludes halogenated alkanes) is 26. The van der Waals surface area contributed by atoms with Crippen LogP contribution in [0.4, 0.5) is 0 Å². The maximum absolute atomic E-state index is 12.6. The van der Waals surface area contributed by atoms with Crippen LogP contribution in [-0.4, -0.2) is 37.2 Å². The second kappa shape index (κ2) is 38.6. The number of hydrogen-bond donors (Lipinski definition) is 0. The predicted molar refractivity (Wildman–Crippen MR) is 210 cm³/mol. The van der Waals surface area contributed by atoms with E-state index in [1.807, 2.05) is 0 Å². The average Bonchev–Trinajstić information content (AvgIpc) is 3.09. The van der Waals surface area contributed by atoms with E-state index in [0.29, 0.717) is 19.3 Å². The normalized spacial score (nSPS) is 11.9. The lowest BCUT2D eigenvalue weighted by atomic mass is 10.0. The van der Waals surface area contributed by atoms with Crippen LogP contribution in [-0.2, 0) is 28.6 Å². The molecular weight excluding hydrogens is 624 g/mol. The highest BCUT2D eigenvalue weighted by Gasteiger charge is 2.19. The van der Waals surface area contributed by atoms with Gasteiger partial charge in [-0.05, 0) is 25.2 Å². The Hall–Kier alpha value is -1.59. The Balaban J connectivity index is 4.20. The van der Waals surface area contributed by atoms with Gasteiger partial charge in [0.15, 0.2) is 6.10 Å². The molecule has 50 heavy (non-hydrogen) atoms. The summed E-state index contributed by atoms with van der Waals surface area (Å²) in [5.74, 6) is -0.0382. The van der Waals surface area contributed by atoms with Gasteiger partial charge >= 0.3 is 17.9 Å². The van der Waals surface area contributed by atoms with Gasteiger partial charge in [0.05, 0.1) is 0 Å². The van der Waals surface area contributed by atoms with Crippen LogP contribution >= 0.6 is 0 Å². The van der Waals surface area contributed by atoms with Gasteiger partial charge in [-0.2, -0.15) is 0 Å². The average molecular weight is 709 g/mol. The molecule has 0 heterocycles. The van der Waals surface area contributed by atoms with Gasteiger partial charge in [-0.25, -0.2) is 0 Å². The first-order chi connectivity index (χ1) is 24.4. The van der Waals surface area contributed by atoms with Crippen molar-refractivity contribution in [1.82, 2.24) is 0 Å². The van der Waals surface area contributed by atoms with Gasteiger partial charge in [0.1, 0.15) is 13.2 Å². The van der Waals surface area contributed by atoms with Crippen molar-refractivity contribution in [2.45, 2.75) is 246 Å². The summed E-state index contributed by atoms with van der Waals surface area (Å²) in [4.78, 5) is 37.4. The predicted octanol–water partition coefficient (Wildman–Crippen LogP) is 13.6. The van der Waals surface area contributed by atoms with Gasteiger partial charge in [0.2, 0.25) is 0 Å². The molecule has 0 rings (SSSR count). The second-order valence-corrected chi connectivity index (χ2v) is 15.5. The van der Waals surface area contributed by atoms with E-state index in [0.717, 1.165) is 70.1 Å². The van der Waals surface area contributed by atoms with Crippen molar-refractivity contribution >= 4 is 17.9 Å². The Morgan fingerprint density at radius 2 is 0.660 bits per heavy atom. The zero-order chi connectivity index (χ0) is 36.8. The van der Waals surface area contributed by atoms with Crippen LogP contribution in [0.2, 0.25) is 0 Å². The number of carbonyl (C=O) groups excluding carboxylic acids is 3. The molecule has 0 saturated carbocycles. The zero-order valence-corrected chi connectivity index (χ0v) is 33.9. The lowest BCUT2D eigenvalue weighted by Crippen LogP contribution is -2.30. The topological polar surface area (TPSA) is 78.9 Å². The number of ether oxygens (including phenoxy) is 3. The first-order valence-electron chi connectivity index (χ1n) is 21.9. The minimum absolute atomic E-state index is 0.0649. The van der Waals surface area contributed by atoms with Crippen LogP contribution in [0.15, 0.2) is 0 Å². The highest BCUT2D eigenvalue weighted by atomic mass is 16.6. The third-order valence-corrected chi connectivity index (χ3v) is 9.79. The number of rotatable bonds is 39. The molecule has 0 aliphatic heterocycles. The Labute approximate surface area is 310 Å². The van der Waals surface area contributed by atoms with Crippen LogP contribution in [0.3, 0.4) is 0 Å². The number of esters is 3. The van der Waals surface area contributed by atoms with Crippen LogP contribution in [0.5, 0.6) is 0 Å². The summed E-state index contributed by atoms with van der Waals surface area (Å²) >= 11 is 0. The quantitative estimate of drug-likeness (QED) is 0.0359. The summed E-state index contributed by atoms with van der Waals surface area (Å²) in [6, 6.07) is 0. The van der Waals surface area contributed by atoms with Crippen molar-refractivity contribution in [3.8, 4) is 0 Å². The lowest BCUT2D eigenvalue weighted by Gasteiger charge is -2.18. The fourth-order valence-electron chi connectivity index (χ4n) is 6.45. The molecule has 0 saturated heterocycles. The highest BCUT2D eigenvalue weighted by Crippen LogP contribution is 2.16. The van der Waals surface area contributed by atoms with Gasteiger partial charge in [-0.15, -0.1) is 0 Å². The summed E-state index contributed by atoms with van der Waals surface area (Å²) < 4.78 is 16.6. The molecule has 0 N–H and O–H groups in total. The first kappa shape index (κ1) is 48.4. The number of carbonyl (C=O) groups is 3. The van der Waals surface area contributed by atoms with Crippen LogP contribution in [0.1, 0.15) is 240 Å². The minimum Gasteiger partial charge on any atom is -0.462 e. The molecule has 0 radical (unpaired) electrons. The Morgan fingerprint density at radius 1 is 0.380 bits per heavy atom. The summed E-state index contributed by atoms with van der Waals surface area (Å²) in [7, 11) is 0. The zero-order valence-electron chi connectivity index (χ0n) is 33.9. The summed E-state index contributed by atoms with van der Waals surface area (Å²) in [5.41, 5.74) is 0. The number of hydrogen-bond acceptors (Lipinski definition) is 6. The fraction of sp³-hybridized carbons (Fsp3) is 0.932. The molecule has 6 nitrogen and oxygen atoms in total. The van der Waals surface area contributed by atoms with E-state index in [9.17, 15) is 14.4 Å². The van der Waals surface area contributed by atoms with Crippen molar-refractivity contribution in [3.63, 3.8) is 0 Å². The SMILES string of the molecule is CCCCCCCCCCCCCCC(=O)OC[C@@H](COC(=O)CCCCCCC)OC(=O)CCCCCCCCCCCCCCC(C)C. The second-order valence-electron chi connectivity index (χ2n) is 15.5. The van der Waals surface area contributed by atoms with Gasteiger partial charge in [0.25, 0.3) is 0 Å². The first-order valence-corrected chi connectivity index (χ1v) is 21.9. The van der Waals surface area contributed by atoms with Crippen molar-refractivity contribution in [2.75, 3.05) is 13.2 Å². The maximum Gasteiger partial charge on any atom is 0.306 e. The molecule has 0 aliphatic rings. The molecule has 0 fully saturated rings. The van der Waals surface area contributed by atoms with Crippen molar-refractivity contribution in [3.05, 3.63) is 0 Å². The molecule has 0 aliphatic carbocycles. The summed E-state index contributed by atoms with van der Waals surface area (Å²) in [6.45, 7) is 8.91. The van der Waals surface area contributed by atoms with Gasteiger partial charge < -0.3 is 14.2 Å². The molecule has 0 bridgehead atoms. The molecular formula is C44H84O6. The molecule has 0 unspecified atom stereocenters. The Kier molecular flexibility index (Phi) is 37.4. The van der Waals surface area contributed by atoms with Crippen LogP contribution in [0.25, 0.3) is 0 Å². The van der Waals surface area contributed by atoms with E-state index in [-0.39, 0.29) is 31.1 Å². The fourth-order valence-corrected chi connectivity index (χ4v) is 6.45. The van der Waals surface area contributed by atoms with Crippen molar-refractivity contribution in [1.29, 1.82) is 0 Å². The Morgan fingerprint density at radius 3 is 0.980 bits per heavy atom. The molecule has 0 aromatic rings. The lowest BCUT2D eigenvalue weighted by molar-refractivity contribution is -0.167.